The fraction of sp³-hybridized carbons (Fsp3) is 0.750. The van der Waals surface area contributed by atoms with Crippen molar-refractivity contribution in [3.63, 3.8) is 0 Å². The number of hydrogen-bond acceptors (Lipinski definition) is 2. The average Bonchev–Trinajstić information content (AvgIpc) is 2.05. The third-order valence-electron chi connectivity index (χ3n) is 2.07. The minimum absolute atomic E-state index is 0.236. The van der Waals surface area contributed by atoms with Gasteiger partial charge in [-0.3, -0.25) is 0 Å². The van der Waals surface area contributed by atoms with Crippen molar-refractivity contribution < 1.29 is 5.11 Å². The van der Waals surface area contributed by atoms with Gasteiger partial charge in [-0.25, -0.2) is 0 Å². The Bertz CT molecular complexity index is 208. The van der Waals surface area contributed by atoms with E-state index in [1.165, 1.54) is 0 Å². The summed E-state index contributed by atoms with van der Waals surface area (Å²) in [4.78, 5) is 2.72. The second-order valence-corrected chi connectivity index (χ2v) is 2.97. The van der Waals surface area contributed by atoms with Crippen LogP contribution in [0.15, 0.2) is 17.3 Å². The molecule has 2 atom stereocenters. The monoisotopic (exact) mass is 167 g/mol. The van der Waals surface area contributed by atoms with Gasteiger partial charge < -0.3 is 5.11 Å². The molecule has 1 aliphatic carbocycles. The van der Waals surface area contributed by atoms with Crippen molar-refractivity contribution in [2.45, 2.75) is 37.8 Å². The van der Waals surface area contributed by atoms with Crippen molar-refractivity contribution >= 4 is 0 Å². The van der Waals surface area contributed by atoms with Gasteiger partial charge in [0, 0.05) is 4.91 Å². The van der Waals surface area contributed by atoms with E-state index >= 15 is 0 Å². The molecule has 4 heteroatoms. The van der Waals surface area contributed by atoms with Crippen LogP contribution in [0.4, 0.5) is 0 Å². The largest absolute Gasteiger partial charge is 0.393 e. The minimum Gasteiger partial charge on any atom is -0.393 e. The molecule has 0 spiro atoms. The highest BCUT2D eigenvalue weighted by molar-refractivity contribution is 4.90. The van der Waals surface area contributed by atoms with E-state index in [4.69, 9.17) is 5.53 Å². The van der Waals surface area contributed by atoms with Gasteiger partial charge in [0.1, 0.15) is 0 Å². The highest BCUT2D eigenvalue weighted by Gasteiger charge is 2.17. The quantitative estimate of drug-likeness (QED) is 0.276. The first-order valence-electron chi connectivity index (χ1n) is 4.22. The summed E-state index contributed by atoms with van der Waals surface area (Å²) in [5, 5.41) is 13.1. The number of rotatable bonds is 1. The molecule has 0 aromatic rings. The molecule has 0 heterocycles. The van der Waals surface area contributed by atoms with Gasteiger partial charge in [0.25, 0.3) is 0 Å². The molecule has 0 unspecified atom stereocenters. The fourth-order valence-corrected chi connectivity index (χ4v) is 1.36. The molecule has 0 aliphatic heterocycles. The Kier molecular flexibility index (Phi) is 3.64. The van der Waals surface area contributed by atoms with Crippen LogP contribution in [0, 0.1) is 0 Å². The summed E-state index contributed by atoms with van der Waals surface area (Å²) in [5.74, 6) is 0. The van der Waals surface area contributed by atoms with E-state index in [1.54, 1.807) is 0 Å². The molecule has 1 aliphatic rings. The van der Waals surface area contributed by atoms with Gasteiger partial charge in [0.15, 0.2) is 0 Å². The lowest BCUT2D eigenvalue weighted by molar-refractivity contribution is 0.131. The number of allylic oxidation sites excluding steroid dienone is 2. The molecular weight excluding hydrogens is 154 g/mol. The molecule has 0 amide bonds. The zero-order valence-electron chi connectivity index (χ0n) is 6.93. The Labute approximate surface area is 71.5 Å². The minimum atomic E-state index is -0.467. The molecular formula is C8H13N3O. The highest BCUT2D eigenvalue weighted by atomic mass is 16.3. The molecule has 0 aromatic carbocycles. The Morgan fingerprint density at radius 3 is 2.67 bits per heavy atom. The predicted octanol–water partition coefficient (Wildman–Crippen LogP) is 2.16. The molecule has 4 nitrogen and oxygen atoms in total. The number of hydrogen-bond donors (Lipinski definition) is 1. The van der Waals surface area contributed by atoms with Crippen LogP contribution in [0.1, 0.15) is 25.7 Å². The molecule has 0 fully saturated rings. The number of aliphatic hydroxyl groups excluding tert-OH is 1. The maximum absolute atomic E-state index is 9.51. The van der Waals surface area contributed by atoms with Gasteiger partial charge in [-0.05, 0) is 31.2 Å². The lowest BCUT2D eigenvalue weighted by Gasteiger charge is -2.18. The van der Waals surface area contributed by atoms with E-state index in [1.807, 2.05) is 0 Å². The molecule has 0 bridgehead atoms. The Hall–Kier alpha value is -0.990. The van der Waals surface area contributed by atoms with Crippen molar-refractivity contribution in [1.82, 2.24) is 0 Å². The lowest BCUT2D eigenvalue weighted by atomic mass is 9.99. The summed E-state index contributed by atoms with van der Waals surface area (Å²) >= 11 is 0. The molecule has 0 radical (unpaired) electrons. The van der Waals surface area contributed by atoms with E-state index in [-0.39, 0.29) is 6.04 Å². The first-order chi connectivity index (χ1) is 5.84. The third-order valence-corrected chi connectivity index (χ3v) is 2.07. The van der Waals surface area contributed by atoms with Gasteiger partial charge in [0.05, 0.1) is 12.1 Å². The van der Waals surface area contributed by atoms with Crippen LogP contribution in [-0.4, -0.2) is 17.3 Å². The topological polar surface area (TPSA) is 69.0 Å². The summed E-state index contributed by atoms with van der Waals surface area (Å²) in [5.41, 5.74) is 8.23. The van der Waals surface area contributed by atoms with Gasteiger partial charge >= 0.3 is 0 Å². The second kappa shape index (κ2) is 4.80. The number of azide groups is 1. The number of aliphatic hydroxyl groups is 1. The summed E-state index contributed by atoms with van der Waals surface area (Å²) in [6.45, 7) is 0. The molecule has 12 heavy (non-hydrogen) atoms. The van der Waals surface area contributed by atoms with E-state index in [0.29, 0.717) is 6.42 Å². The van der Waals surface area contributed by atoms with E-state index in [0.717, 1.165) is 19.3 Å². The molecule has 0 saturated heterocycles. The molecule has 1 rings (SSSR count). The highest BCUT2D eigenvalue weighted by Crippen LogP contribution is 2.16. The van der Waals surface area contributed by atoms with Crippen molar-refractivity contribution in [2.24, 2.45) is 5.11 Å². The zero-order chi connectivity index (χ0) is 8.81. The smallest absolute Gasteiger partial charge is 0.0636 e. The van der Waals surface area contributed by atoms with Crippen LogP contribution in [0.2, 0.25) is 0 Å². The predicted molar refractivity (Wildman–Crippen MR) is 46.5 cm³/mol. The van der Waals surface area contributed by atoms with Crippen LogP contribution < -0.4 is 0 Å². The van der Waals surface area contributed by atoms with Gasteiger partial charge in [0.2, 0.25) is 0 Å². The normalized spacial score (nSPS) is 32.8. The van der Waals surface area contributed by atoms with Crippen molar-refractivity contribution in [1.29, 1.82) is 0 Å². The van der Waals surface area contributed by atoms with Crippen LogP contribution in [0.25, 0.3) is 10.4 Å². The average molecular weight is 167 g/mol. The second-order valence-electron chi connectivity index (χ2n) is 2.97. The Balaban J connectivity index is 2.57. The van der Waals surface area contributed by atoms with Crippen molar-refractivity contribution in [3.8, 4) is 0 Å². The molecule has 0 aromatic heterocycles. The summed E-state index contributed by atoms with van der Waals surface area (Å²) < 4.78 is 0. The lowest BCUT2D eigenvalue weighted by Crippen LogP contribution is -2.24. The van der Waals surface area contributed by atoms with Crippen LogP contribution in [-0.2, 0) is 0 Å². The SMILES string of the molecule is [N-]=[N+]=N[C@H]1CC/C=C\CC[C@@H]1O. The third kappa shape index (κ3) is 2.57. The van der Waals surface area contributed by atoms with E-state index < -0.39 is 6.10 Å². The maximum Gasteiger partial charge on any atom is 0.0636 e. The van der Waals surface area contributed by atoms with Crippen molar-refractivity contribution in [3.05, 3.63) is 22.6 Å². The molecule has 66 valence electrons. The molecule has 1 N–H and O–H groups in total. The van der Waals surface area contributed by atoms with Crippen LogP contribution in [0.3, 0.4) is 0 Å². The summed E-state index contributed by atoms with van der Waals surface area (Å²) in [6, 6.07) is -0.236. The van der Waals surface area contributed by atoms with Gasteiger partial charge in [-0.1, -0.05) is 17.3 Å². The van der Waals surface area contributed by atoms with Crippen LogP contribution >= 0.6 is 0 Å². The van der Waals surface area contributed by atoms with E-state index in [9.17, 15) is 5.11 Å². The van der Waals surface area contributed by atoms with Crippen LogP contribution in [0.5, 0.6) is 0 Å². The Morgan fingerprint density at radius 2 is 2.00 bits per heavy atom. The number of nitrogens with zero attached hydrogens (tertiary/aromatic N) is 3. The van der Waals surface area contributed by atoms with Crippen molar-refractivity contribution in [2.75, 3.05) is 0 Å². The molecule has 0 saturated carbocycles. The standard InChI is InChI=1S/C8H13N3O/c9-11-10-7-5-3-1-2-4-6-8(7)12/h1-2,7-8,12H,3-6H2/b2-1-/t7-,8-/m0/s1. The maximum atomic E-state index is 9.51. The van der Waals surface area contributed by atoms with E-state index in [2.05, 4.69) is 22.2 Å². The summed E-state index contributed by atoms with van der Waals surface area (Å²) in [7, 11) is 0. The first kappa shape index (κ1) is 9.10. The Morgan fingerprint density at radius 1 is 1.33 bits per heavy atom. The first-order valence-corrected chi connectivity index (χ1v) is 4.22. The summed E-state index contributed by atoms with van der Waals surface area (Å²) in [6.07, 6.45) is 6.88. The van der Waals surface area contributed by atoms with Gasteiger partial charge in [-0.15, -0.1) is 0 Å². The fourth-order valence-electron chi connectivity index (χ4n) is 1.36. The van der Waals surface area contributed by atoms with Gasteiger partial charge in [-0.2, -0.15) is 0 Å². The zero-order valence-corrected chi connectivity index (χ0v) is 6.93.